The lowest BCUT2D eigenvalue weighted by molar-refractivity contribution is -0.140. The molecule has 4 nitrogen and oxygen atoms in total. The van der Waals surface area contributed by atoms with Crippen molar-refractivity contribution in [2.75, 3.05) is 19.7 Å². The van der Waals surface area contributed by atoms with Crippen LogP contribution < -0.4 is 5.73 Å². The fourth-order valence-corrected chi connectivity index (χ4v) is 4.19. The van der Waals surface area contributed by atoms with Crippen molar-refractivity contribution in [1.29, 1.82) is 0 Å². The molecule has 2 aromatic rings. The largest absolute Gasteiger partial charge is 0.368 e. The van der Waals surface area contributed by atoms with Gasteiger partial charge in [-0.2, -0.15) is 0 Å². The Morgan fingerprint density at radius 2 is 1.88 bits per heavy atom. The number of rotatable bonds is 3. The van der Waals surface area contributed by atoms with E-state index < -0.39 is 6.04 Å². The number of benzene rings is 2. The molecule has 1 fully saturated rings. The van der Waals surface area contributed by atoms with Crippen LogP contribution in [0.4, 0.5) is 0 Å². The Labute approximate surface area is 142 Å². The van der Waals surface area contributed by atoms with Crippen molar-refractivity contribution in [3.63, 3.8) is 0 Å². The topological polar surface area (TPSA) is 55.6 Å². The van der Waals surface area contributed by atoms with Crippen LogP contribution in [0.2, 0.25) is 0 Å². The molecule has 4 rings (SSSR count). The molecule has 124 valence electrons. The van der Waals surface area contributed by atoms with Crippen molar-refractivity contribution in [3.05, 3.63) is 71.3 Å². The summed E-state index contributed by atoms with van der Waals surface area (Å²) in [6, 6.07) is 17.9. The van der Waals surface area contributed by atoms with Crippen LogP contribution in [0.1, 0.15) is 29.2 Å². The Morgan fingerprint density at radius 3 is 2.67 bits per heavy atom. The number of primary amides is 1. The maximum atomic E-state index is 12.2. The SMILES string of the molecule is NC(=O)[C@H](c1ccccc1)N1CCO[C@]2(CCc3ccccc32)C1. The Balaban J connectivity index is 1.67. The van der Waals surface area contributed by atoms with E-state index in [-0.39, 0.29) is 11.5 Å². The summed E-state index contributed by atoms with van der Waals surface area (Å²) in [6.45, 7) is 2.03. The first kappa shape index (κ1) is 15.4. The van der Waals surface area contributed by atoms with E-state index in [1.807, 2.05) is 30.3 Å². The Morgan fingerprint density at radius 1 is 1.12 bits per heavy atom. The zero-order chi connectivity index (χ0) is 16.6. The second-order valence-corrected chi connectivity index (χ2v) is 6.69. The summed E-state index contributed by atoms with van der Waals surface area (Å²) in [4.78, 5) is 14.4. The zero-order valence-electron chi connectivity index (χ0n) is 13.7. The number of aryl methyl sites for hydroxylation is 1. The maximum Gasteiger partial charge on any atom is 0.239 e. The van der Waals surface area contributed by atoms with Crippen molar-refractivity contribution in [2.45, 2.75) is 24.5 Å². The lowest BCUT2D eigenvalue weighted by Gasteiger charge is -2.43. The fraction of sp³-hybridized carbons (Fsp3) is 0.350. The van der Waals surface area contributed by atoms with E-state index in [1.54, 1.807) is 0 Å². The number of nitrogens with zero attached hydrogens (tertiary/aromatic N) is 1. The molecular formula is C20H22N2O2. The van der Waals surface area contributed by atoms with Gasteiger partial charge in [-0.25, -0.2) is 0 Å². The number of fused-ring (bicyclic) bond motifs is 2. The van der Waals surface area contributed by atoms with Gasteiger partial charge in [0.05, 0.1) is 6.61 Å². The fourth-order valence-electron chi connectivity index (χ4n) is 4.19. The van der Waals surface area contributed by atoms with Gasteiger partial charge >= 0.3 is 0 Å². The molecule has 1 aliphatic heterocycles. The minimum Gasteiger partial charge on any atom is -0.368 e. The van der Waals surface area contributed by atoms with Crippen LogP contribution in [-0.2, 0) is 21.6 Å². The molecule has 1 amide bonds. The third-order valence-electron chi connectivity index (χ3n) is 5.27. The van der Waals surface area contributed by atoms with Gasteiger partial charge in [-0.15, -0.1) is 0 Å². The average molecular weight is 322 g/mol. The summed E-state index contributed by atoms with van der Waals surface area (Å²) < 4.78 is 6.26. The highest BCUT2D eigenvalue weighted by atomic mass is 16.5. The molecule has 0 bridgehead atoms. The van der Waals surface area contributed by atoms with Gasteiger partial charge in [-0.05, 0) is 29.5 Å². The Bertz CT molecular complexity index is 742. The first-order chi connectivity index (χ1) is 11.7. The molecule has 2 N–H and O–H groups in total. The molecule has 2 atom stereocenters. The third-order valence-corrected chi connectivity index (χ3v) is 5.27. The smallest absolute Gasteiger partial charge is 0.239 e. The second kappa shape index (κ2) is 6.04. The quantitative estimate of drug-likeness (QED) is 0.944. The van der Waals surface area contributed by atoms with E-state index in [9.17, 15) is 4.79 Å². The molecule has 24 heavy (non-hydrogen) atoms. The van der Waals surface area contributed by atoms with Crippen LogP contribution in [0, 0.1) is 0 Å². The van der Waals surface area contributed by atoms with E-state index in [4.69, 9.17) is 10.5 Å². The van der Waals surface area contributed by atoms with Gasteiger partial charge in [0.15, 0.2) is 0 Å². The summed E-state index contributed by atoms with van der Waals surface area (Å²) in [5, 5.41) is 0. The molecule has 1 heterocycles. The number of hydrogen-bond acceptors (Lipinski definition) is 3. The predicted molar refractivity (Wildman–Crippen MR) is 92.3 cm³/mol. The normalized spacial score (nSPS) is 24.7. The highest BCUT2D eigenvalue weighted by molar-refractivity contribution is 5.81. The van der Waals surface area contributed by atoms with E-state index in [1.165, 1.54) is 11.1 Å². The molecule has 2 aromatic carbocycles. The molecule has 0 radical (unpaired) electrons. The van der Waals surface area contributed by atoms with Crippen LogP contribution in [0.3, 0.4) is 0 Å². The molecule has 0 aromatic heterocycles. The highest BCUT2D eigenvalue weighted by Gasteiger charge is 2.45. The molecule has 0 saturated carbocycles. The summed E-state index contributed by atoms with van der Waals surface area (Å²) in [6.07, 6.45) is 1.99. The van der Waals surface area contributed by atoms with Crippen LogP contribution >= 0.6 is 0 Å². The van der Waals surface area contributed by atoms with Crippen molar-refractivity contribution in [3.8, 4) is 0 Å². The first-order valence-electron chi connectivity index (χ1n) is 8.50. The maximum absolute atomic E-state index is 12.2. The van der Waals surface area contributed by atoms with Crippen LogP contribution in [0.5, 0.6) is 0 Å². The van der Waals surface area contributed by atoms with Gasteiger partial charge in [0.25, 0.3) is 0 Å². The summed E-state index contributed by atoms with van der Waals surface area (Å²) >= 11 is 0. The van der Waals surface area contributed by atoms with E-state index in [0.29, 0.717) is 19.7 Å². The van der Waals surface area contributed by atoms with Crippen molar-refractivity contribution in [2.24, 2.45) is 5.73 Å². The summed E-state index contributed by atoms with van der Waals surface area (Å²) in [5.41, 5.74) is 9.03. The zero-order valence-corrected chi connectivity index (χ0v) is 13.7. The number of hydrogen-bond donors (Lipinski definition) is 1. The second-order valence-electron chi connectivity index (χ2n) is 6.69. The van der Waals surface area contributed by atoms with E-state index in [2.05, 4.69) is 29.2 Å². The molecule has 4 heteroatoms. The van der Waals surface area contributed by atoms with Gasteiger partial charge in [0, 0.05) is 13.1 Å². The minimum atomic E-state index is -0.403. The Kier molecular flexibility index (Phi) is 3.87. The number of carbonyl (C=O) groups excluding carboxylic acids is 1. The highest BCUT2D eigenvalue weighted by Crippen LogP contribution is 2.43. The molecule has 2 aliphatic rings. The van der Waals surface area contributed by atoms with Gasteiger partial charge in [0.1, 0.15) is 11.6 Å². The predicted octanol–water partition coefficient (Wildman–Crippen LogP) is 2.39. The van der Waals surface area contributed by atoms with Crippen molar-refractivity contribution in [1.82, 2.24) is 4.90 Å². The van der Waals surface area contributed by atoms with Gasteiger partial charge in [0.2, 0.25) is 5.91 Å². The lowest BCUT2D eigenvalue weighted by Crippen LogP contribution is -2.52. The van der Waals surface area contributed by atoms with Gasteiger partial charge < -0.3 is 10.5 Å². The van der Waals surface area contributed by atoms with Crippen LogP contribution in [0.25, 0.3) is 0 Å². The van der Waals surface area contributed by atoms with Crippen LogP contribution in [-0.4, -0.2) is 30.5 Å². The molecule has 1 spiro atoms. The standard InChI is InChI=1S/C20H22N2O2/c21-19(23)18(16-7-2-1-3-8-16)22-12-13-24-20(14-22)11-10-15-6-4-5-9-17(15)20/h1-9,18H,10-14H2,(H2,21,23)/t18-,20+/m0/s1. The van der Waals surface area contributed by atoms with Gasteiger partial charge in [-0.3, -0.25) is 9.69 Å². The van der Waals surface area contributed by atoms with Crippen molar-refractivity contribution >= 4 is 5.91 Å². The number of carbonyl (C=O) groups is 1. The summed E-state index contributed by atoms with van der Waals surface area (Å²) in [5.74, 6) is -0.301. The summed E-state index contributed by atoms with van der Waals surface area (Å²) in [7, 11) is 0. The number of morpholine rings is 1. The van der Waals surface area contributed by atoms with Crippen LogP contribution in [0.15, 0.2) is 54.6 Å². The van der Waals surface area contributed by atoms with E-state index >= 15 is 0 Å². The molecule has 1 saturated heterocycles. The van der Waals surface area contributed by atoms with E-state index in [0.717, 1.165) is 18.4 Å². The van der Waals surface area contributed by atoms with Gasteiger partial charge in [-0.1, -0.05) is 54.6 Å². The first-order valence-corrected chi connectivity index (χ1v) is 8.50. The third kappa shape index (κ3) is 2.52. The minimum absolute atomic E-state index is 0.301. The average Bonchev–Trinajstić information content (AvgIpc) is 2.94. The molecule has 1 aliphatic carbocycles. The number of nitrogens with two attached hydrogens (primary N) is 1. The number of amides is 1. The number of ether oxygens (including phenoxy) is 1. The van der Waals surface area contributed by atoms with Crippen molar-refractivity contribution < 1.29 is 9.53 Å². The lowest BCUT2D eigenvalue weighted by atomic mass is 9.92. The molecular weight excluding hydrogens is 300 g/mol. The Hall–Kier alpha value is -2.17. The molecule has 0 unspecified atom stereocenters. The monoisotopic (exact) mass is 322 g/mol.